The largest absolute Gasteiger partial charge is 0.493 e. The summed E-state index contributed by atoms with van der Waals surface area (Å²) in [5.74, 6) is -6.25. The Labute approximate surface area is 303 Å². The predicted octanol–water partition coefficient (Wildman–Crippen LogP) is 6.72. The maximum atomic E-state index is 16.4. The summed E-state index contributed by atoms with van der Waals surface area (Å²) >= 11 is 5.98. The molecule has 52 heavy (non-hydrogen) atoms. The van der Waals surface area contributed by atoms with E-state index in [1.165, 1.54) is 72.7 Å². The van der Waals surface area contributed by atoms with Gasteiger partial charge in [-0.15, -0.1) is 0 Å². The lowest BCUT2D eigenvalue weighted by molar-refractivity contribution is -0.192. The first-order valence-electron chi connectivity index (χ1n) is 16.8. The van der Waals surface area contributed by atoms with Gasteiger partial charge in [0, 0.05) is 36.8 Å². The number of carboxylic acid groups (broad SMARTS) is 1. The average Bonchev–Trinajstić information content (AvgIpc) is 3.74. The number of hydrogen-bond donors (Lipinski definition) is 3. The summed E-state index contributed by atoms with van der Waals surface area (Å²) in [7, 11) is -4.51. The molecule has 2 saturated heterocycles. The van der Waals surface area contributed by atoms with E-state index in [9.17, 15) is 26.4 Å². The number of likely N-dealkylation sites (tertiary alicyclic amines) is 1. The maximum Gasteiger partial charge on any atom is 0.490 e. The van der Waals surface area contributed by atoms with Crippen LogP contribution in [0.3, 0.4) is 0 Å². The van der Waals surface area contributed by atoms with Crippen LogP contribution in [0.4, 0.5) is 22.0 Å². The summed E-state index contributed by atoms with van der Waals surface area (Å²) in [5, 5.41) is 10.9. The zero-order chi connectivity index (χ0) is 37.7. The van der Waals surface area contributed by atoms with E-state index in [1.807, 2.05) is 0 Å². The van der Waals surface area contributed by atoms with Crippen molar-refractivity contribution >= 4 is 33.5 Å². The van der Waals surface area contributed by atoms with Crippen LogP contribution in [0.1, 0.15) is 37.7 Å². The molecule has 0 radical (unpaired) electrons. The van der Waals surface area contributed by atoms with Crippen LogP contribution in [0.25, 0.3) is 11.1 Å². The second-order valence-electron chi connectivity index (χ2n) is 13.3. The number of benzene rings is 3. The standard InChI is InChI=1S/C34H38ClF2N3O4S.C2HF3O2/c35-29-12-8-25(9-13-29)24-6-10-28(11-7-24)34(36,37)32(33(41)40-20-26-18-38-19-27(26)21-40)39-45(42,43)31-16-14-30(15-17-31)44-22-23-4-2-1-3-5-23;3-2(4,5)1(6)7/h6-17,23,26-27,32,38-39H,1-5,18-22H2;(H,6,7)/t26-,27+,32-;/m0./s1. The molecule has 3 fully saturated rings. The molecule has 9 nitrogen and oxygen atoms in total. The van der Waals surface area contributed by atoms with Crippen molar-refractivity contribution < 1.29 is 49.8 Å². The Bertz CT molecular complexity index is 1780. The lowest BCUT2D eigenvalue weighted by Crippen LogP contribution is -2.56. The quantitative estimate of drug-likeness (QED) is 0.196. The van der Waals surface area contributed by atoms with Gasteiger partial charge in [-0.3, -0.25) is 4.79 Å². The van der Waals surface area contributed by atoms with Gasteiger partial charge in [0.15, 0.2) is 6.04 Å². The first-order chi connectivity index (χ1) is 24.5. The van der Waals surface area contributed by atoms with Gasteiger partial charge < -0.3 is 20.1 Å². The molecule has 0 bridgehead atoms. The second kappa shape index (κ2) is 16.5. The smallest absolute Gasteiger partial charge is 0.490 e. The lowest BCUT2D eigenvalue weighted by atomic mass is 9.90. The van der Waals surface area contributed by atoms with Gasteiger partial charge in [0.05, 0.1) is 11.5 Å². The Kier molecular flexibility index (Phi) is 12.5. The summed E-state index contributed by atoms with van der Waals surface area (Å²) in [5.41, 5.74) is 1.00. The Morgan fingerprint density at radius 1 is 0.865 bits per heavy atom. The van der Waals surface area contributed by atoms with Crippen molar-refractivity contribution in [3.8, 4) is 16.9 Å². The molecule has 0 unspecified atom stereocenters. The highest BCUT2D eigenvalue weighted by molar-refractivity contribution is 7.89. The molecule has 0 spiro atoms. The molecule has 16 heteroatoms. The van der Waals surface area contributed by atoms with Gasteiger partial charge in [0.25, 0.3) is 5.92 Å². The highest BCUT2D eigenvalue weighted by Gasteiger charge is 2.51. The fourth-order valence-electron chi connectivity index (χ4n) is 6.70. The lowest BCUT2D eigenvalue weighted by Gasteiger charge is -2.31. The summed E-state index contributed by atoms with van der Waals surface area (Å²) in [4.78, 5) is 23.8. The number of carbonyl (C=O) groups is 2. The van der Waals surface area contributed by atoms with Gasteiger partial charge in [-0.05, 0) is 78.1 Å². The van der Waals surface area contributed by atoms with Crippen LogP contribution in [0, 0.1) is 17.8 Å². The molecule has 2 aliphatic heterocycles. The molecule has 3 aromatic carbocycles. The van der Waals surface area contributed by atoms with Crippen LogP contribution in [0.2, 0.25) is 5.02 Å². The molecule has 6 rings (SSSR count). The number of halogens is 6. The third-order valence-electron chi connectivity index (χ3n) is 9.62. The predicted molar refractivity (Wildman–Crippen MR) is 184 cm³/mol. The van der Waals surface area contributed by atoms with E-state index in [4.69, 9.17) is 26.2 Å². The van der Waals surface area contributed by atoms with Gasteiger partial charge in [0.1, 0.15) is 5.75 Å². The molecule has 1 amide bonds. The number of rotatable bonds is 10. The topological polar surface area (TPSA) is 125 Å². The average molecular weight is 772 g/mol. The zero-order valence-electron chi connectivity index (χ0n) is 27.9. The van der Waals surface area contributed by atoms with E-state index in [0.29, 0.717) is 55.0 Å². The number of carbonyl (C=O) groups excluding carboxylic acids is 1. The van der Waals surface area contributed by atoms with E-state index >= 15 is 8.78 Å². The number of alkyl halides is 5. The van der Waals surface area contributed by atoms with Gasteiger partial charge in [0.2, 0.25) is 15.9 Å². The highest BCUT2D eigenvalue weighted by Crippen LogP contribution is 2.37. The van der Waals surface area contributed by atoms with Gasteiger partial charge in [-0.2, -0.15) is 26.7 Å². The number of nitrogens with zero attached hydrogens (tertiary/aromatic N) is 1. The van der Waals surface area contributed by atoms with Crippen molar-refractivity contribution in [1.82, 2.24) is 14.9 Å². The first kappa shape index (κ1) is 39.4. The normalized spacial score (nSPS) is 20.1. The minimum atomic E-state index is -5.08. The molecule has 3 atom stereocenters. The first-order valence-corrected chi connectivity index (χ1v) is 18.7. The zero-order valence-corrected chi connectivity index (χ0v) is 29.5. The monoisotopic (exact) mass is 771 g/mol. The van der Waals surface area contributed by atoms with Crippen LogP contribution in [0.15, 0.2) is 77.7 Å². The van der Waals surface area contributed by atoms with Crippen LogP contribution in [-0.2, 0) is 25.5 Å². The van der Waals surface area contributed by atoms with E-state index < -0.39 is 45.6 Å². The number of ether oxygens (including phenoxy) is 1. The molecule has 3 aromatic rings. The van der Waals surface area contributed by atoms with Crippen molar-refractivity contribution in [3.63, 3.8) is 0 Å². The summed E-state index contributed by atoms with van der Waals surface area (Å²) < 4.78 is 99.5. The van der Waals surface area contributed by atoms with E-state index in [2.05, 4.69) is 10.0 Å². The van der Waals surface area contributed by atoms with Crippen LogP contribution >= 0.6 is 11.6 Å². The highest BCUT2D eigenvalue weighted by atomic mass is 35.5. The Morgan fingerprint density at radius 3 is 1.90 bits per heavy atom. The molecule has 2 heterocycles. The summed E-state index contributed by atoms with van der Waals surface area (Å²) in [6.45, 7) is 2.54. The Balaban J connectivity index is 0.000000679. The van der Waals surface area contributed by atoms with Crippen LogP contribution in [0.5, 0.6) is 5.75 Å². The molecule has 282 valence electrons. The molecular weight excluding hydrogens is 733 g/mol. The maximum absolute atomic E-state index is 16.4. The molecule has 3 aliphatic rings. The number of amides is 1. The molecule has 1 aliphatic carbocycles. The Morgan fingerprint density at radius 2 is 1.38 bits per heavy atom. The number of sulfonamides is 1. The number of fused-ring (bicyclic) bond motifs is 1. The van der Waals surface area contributed by atoms with E-state index in [0.717, 1.165) is 18.4 Å². The third kappa shape index (κ3) is 9.79. The van der Waals surface area contributed by atoms with Crippen molar-refractivity contribution in [1.29, 1.82) is 0 Å². The fourth-order valence-corrected chi connectivity index (χ4v) is 8.01. The van der Waals surface area contributed by atoms with E-state index in [-0.39, 0.29) is 16.7 Å². The summed E-state index contributed by atoms with van der Waals surface area (Å²) in [6, 6.07) is 15.9. The SMILES string of the molecule is O=C(O)C(F)(F)F.O=C([C@H](NS(=O)(=O)c1ccc(OCC2CCCCC2)cc1)C(F)(F)c1ccc(-c2ccc(Cl)cc2)cc1)N1C[C@H]2CNC[C@H]2C1. The number of hydrogen-bond acceptors (Lipinski definition) is 6. The van der Waals surface area contributed by atoms with Gasteiger partial charge >= 0.3 is 12.1 Å². The molecule has 1 saturated carbocycles. The van der Waals surface area contributed by atoms with Crippen LogP contribution < -0.4 is 14.8 Å². The van der Waals surface area contributed by atoms with Crippen molar-refractivity contribution in [2.75, 3.05) is 32.8 Å². The van der Waals surface area contributed by atoms with Gasteiger partial charge in [-0.1, -0.05) is 67.3 Å². The number of aliphatic carboxylic acids is 1. The fraction of sp³-hybridized carbons (Fsp3) is 0.444. The Hall–Kier alpha value is -3.79. The van der Waals surface area contributed by atoms with Crippen molar-refractivity contribution in [2.24, 2.45) is 17.8 Å². The molecular formula is C36H39ClF5N3O6S. The third-order valence-corrected chi connectivity index (χ3v) is 11.3. The van der Waals surface area contributed by atoms with Crippen LogP contribution in [-0.4, -0.2) is 75.3 Å². The van der Waals surface area contributed by atoms with E-state index in [1.54, 1.807) is 24.3 Å². The van der Waals surface area contributed by atoms with Gasteiger partial charge in [-0.25, -0.2) is 13.2 Å². The van der Waals surface area contributed by atoms with Crippen molar-refractivity contribution in [3.05, 3.63) is 83.4 Å². The van der Waals surface area contributed by atoms with Crippen molar-refractivity contribution in [2.45, 2.75) is 55.1 Å². The second-order valence-corrected chi connectivity index (χ2v) is 15.4. The number of nitrogens with one attached hydrogen (secondary N) is 2. The number of carboxylic acids is 1. The minimum Gasteiger partial charge on any atom is -0.493 e. The minimum absolute atomic E-state index is 0.152. The summed E-state index contributed by atoms with van der Waals surface area (Å²) in [6.07, 6.45) is 0.744. The molecule has 0 aromatic heterocycles. The molecule has 3 N–H and O–H groups in total.